The number of hydrogen-bond donors (Lipinski definition) is 1. The first-order chi connectivity index (χ1) is 9.24. The Morgan fingerprint density at radius 3 is 2.74 bits per heavy atom. The third kappa shape index (κ3) is 2.53. The maximum atomic E-state index is 13.6. The van der Waals surface area contributed by atoms with Gasteiger partial charge in [-0.3, -0.25) is 0 Å². The molecule has 0 aromatic heterocycles. The summed E-state index contributed by atoms with van der Waals surface area (Å²) in [6.45, 7) is 1.33. The second-order valence-electron chi connectivity index (χ2n) is 4.92. The van der Waals surface area contributed by atoms with E-state index >= 15 is 0 Å². The lowest BCUT2D eigenvalue weighted by atomic mass is 9.96. The van der Waals surface area contributed by atoms with Crippen molar-refractivity contribution in [1.29, 1.82) is 0 Å². The summed E-state index contributed by atoms with van der Waals surface area (Å²) in [5, 5.41) is 0. The lowest BCUT2D eigenvalue weighted by Crippen LogP contribution is -2.14. The predicted octanol–water partition coefficient (Wildman–Crippen LogP) is 3.10. The summed E-state index contributed by atoms with van der Waals surface area (Å²) in [6, 6.07) is 12.7. The van der Waals surface area contributed by atoms with E-state index < -0.39 is 0 Å². The molecule has 0 bridgehead atoms. The zero-order chi connectivity index (χ0) is 13.2. The molecule has 98 valence electrons. The van der Waals surface area contributed by atoms with Gasteiger partial charge in [0.05, 0.1) is 13.2 Å². The number of rotatable bonds is 3. The quantitative estimate of drug-likeness (QED) is 0.917. The van der Waals surface area contributed by atoms with E-state index in [1.165, 1.54) is 17.2 Å². The molecular weight excluding hydrogens is 241 g/mol. The Bertz CT molecular complexity index is 597. The highest BCUT2D eigenvalue weighted by molar-refractivity contribution is 5.35. The van der Waals surface area contributed by atoms with Crippen LogP contribution in [-0.2, 0) is 24.4 Å². The fourth-order valence-corrected chi connectivity index (χ4v) is 2.44. The van der Waals surface area contributed by atoms with E-state index in [1.54, 1.807) is 12.1 Å². The van der Waals surface area contributed by atoms with Gasteiger partial charge in [-0.25, -0.2) is 4.39 Å². The van der Waals surface area contributed by atoms with Crippen molar-refractivity contribution < 1.29 is 9.13 Å². The van der Waals surface area contributed by atoms with Crippen LogP contribution in [-0.4, -0.2) is 0 Å². The summed E-state index contributed by atoms with van der Waals surface area (Å²) in [7, 11) is 0. The number of hydrogen-bond acceptors (Lipinski definition) is 2. The van der Waals surface area contributed by atoms with E-state index in [0.29, 0.717) is 25.2 Å². The molecule has 2 nitrogen and oxygen atoms in total. The number of nitrogens with two attached hydrogens (primary N) is 1. The van der Waals surface area contributed by atoms with Crippen molar-refractivity contribution in [2.45, 2.75) is 25.7 Å². The molecule has 2 aromatic rings. The summed E-state index contributed by atoms with van der Waals surface area (Å²) in [6.07, 6.45) is 0.506. The minimum atomic E-state index is -0.192. The minimum absolute atomic E-state index is 0.192. The summed E-state index contributed by atoms with van der Waals surface area (Å²) >= 11 is 0. The summed E-state index contributed by atoms with van der Waals surface area (Å²) in [4.78, 5) is 0. The van der Waals surface area contributed by atoms with Crippen LogP contribution >= 0.6 is 0 Å². The van der Waals surface area contributed by atoms with Gasteiger partial charge in [-0.05, 0) is 34.7 Å². The summed E-state index contributed by atoms with van der Waals surface area (Å²) in [5.41, 5.74) is 10.3. The normalized spacial score (nSPS) is 15.3. The molecule has 0 amide bonds. The predicted molar refractivity (Wildman–Crippen MR) is 72.0 cm³/mol. The standard InChI is InChI=1S/C16H16FNO/c17-15-4-2-1-3-11(15)8-16(18)12-5-6-13-9-19-10-14(13)7-12/h1-7,16H,8-10,18H2. The van der Waals surface area contributed by atoms with Crippen LogP contribution in [0.2, 0.25) is 0 Å². The van der Waals surface area contributed by atoms with Gasteiger partial charge >= 0.3 is 0 Å². The van der Waals surface area contributed by atoms with Crippen LogP contribution in [0.25, 0.3) is 0 Å². The van der Waals surface area contributed by atoms with Crippen molar-refractivity contribution in [3.63, 3.8) is 0 Å². The van der Waals surface area contributed by atoms with Gasteiger partial charge in [0.2, 0.25) is 0 Å². The molecule has 2 N–H and O–H groups in total. The Labute approximate surface area is 112 Å². The van der Waals surface area contributed by atoms with E-state index in [1.807, 2.05) is 12.1 Å². The molecule has 3 rings (SSSR count). The van der Waals surface area contributed by atoms with E-state index in [-0.39, 0.29) is 11.9 Å². The Balaban J connectivity index is 1.81. The molecule has 0 saturated carbocycles. The maximum Gasteiger partial charge on any atom is 0.126 e. The molecule has 3 heteroatoms. The fraction of sp³-hybridized carbons (Fsp3) is 0.250. The van der Waals surface area contributed by atoms with Crippen LogP contribution < -0.4 is 5.73 Å². The summed E-state index contributed by atoms with van der Waals surface area (Å²) in [5.74, 6) is -0.192. The molecule has 0 aliphatic carbocycles. The Hall–Kier alpha value is -1.71. The first-order valence-electron chi connectivity index (χ1n) is 6.42. The van der Waals surface area contributed by atoms with E-state index in [9.17, 15) is 4.39 Å². The van der Waals surface area contributed by atoms with E-state index in [0.717, 1.165) is 5.56 Å². The molecule has 0 fully saturated rings. The zero-order valence-corrected chi connectivity index (χ0v) is 10.6. The second kappa shape index (κ2) is 5.11. The van der Waals surface area contributed by atoms with Gasteiger partial charge in [-0.2, -0.15) is 0 Å². The van der Waals surface area contributed by atoms with Crippen molar-refractivity contribution in [1.82, 2.24) is 0 Å². The highest BCUT2D eigenvalue weighted by atomic mass is 19.1. The van der Waals surface area contributed by atoms with Crippen LogP contribution in [0.4, 0.5) is 4.39 Å². The van der Waals surface area contributed by atoms with Gasteiger partial charge in [0.25, 0.3) is 0 Å². The molecule has 2 aromatic carbocycles. The lowest BCUT2D eigenvalue weighted by Gasteiger charge is -2.13. The minimum Gasteiger partial charge on any atom is -0.372 e. The van der Waals surface area contributed by atoms with Crippen LogP contribution in [0.1, 0.15) is 28.3 Å². The van der Waals surface area contributed by atoms with Crippen molar-refractivity contribution in [3.8, 4) is 0 Å². The average Bonchev–Trinajstić information content (AvgIpc) is 2.88. The van der Waals surface area contributed by atoms with Gasteiger partial charge in [0.15, 0.2) is 0 Å². The van der Waals surface area contributed by atoms with Crippen molar-refractivity contribution in [3.05, 3.63) is 70.5 Å². The number of halogens is 1. The molecule has 0 spiro atoms. The third-order valence-electron chi connectivity index (χ3n) is 3.57. The van der Waals surface area contributed by atoms with Crippen molar-refractivity contribution >= 4 is 0 Å². The first kappa shape index (κ1) is 12.3. The molecule has 1 heterocycles. The zero-order valence-electron chi connectivity index (χ0n) is 10.6. The fourth-order valence-electron chi connectivity index (χ4n) is 2.44. The lowest BCUT2D eigenvalue weighted by molar-refractivity contribution is 0.134. The molecule has 1 aliphatic rings. The van der Waals surface area contributed by atoms with Crippen LogP contribution in [0.15, 0.2) is 42.5 Å². The second-order valence-corrected chi connectivity index (χ2v) is 4.92. The van der Waals surface area contributed by atoms with Crippen LogP contribution in [0.3, 0.4) is 0 Å². The number of fused-ring (bicyclic) bond motifs is 1. The largest absolute Gasteiger partial charge is 0.372 e. The Kier molecular flexibility index (Phi) is 3.32. The molecule has 1 aliphatic heterocycles. The molecular formula is C16H16FNO. The van der Waals surface area contributed by atoms with Crippen molar-refractivity contribution in [2.75, 3.05) is 0 Å². The van der Waals surface area contributed by atoms with Crippen LogP contribution in [0, 0.1) is 5.82 Å². The van der Waals surface area contributed by atoms with Gasteiger partial charge in [-0.15, -0.1) is 0 Å². The number of benzene rings is 2. The van der Waals surface area contributed by atoms with E-state index in [4.69, 9.17) is 10.5 Å². The first-order valence-corrected chi connectivity index (χ1v) is 6.42. The summed E-state index contributed by atoms with van der Waals surface area (Å²) < 4.78 is 19.0. The Morgan fingerprint density at radius 2 is 1.89 bits per heavy atom. The van der Waals surface area contributed by atoms with Gasteiger partial charge in [0, 0.05) is 6.04 Å². The monoisotopic (exact) mass is 257 g/mol. The van der Waals surface area contributed by atoms with Crippen LogP contribution in [0.5, 0.6) is 0 Å². The van der Waals surface area contributed by atoms with E-state index in [2.05, 4.69) is 12.1 Å². The maximum absolute atomic E-state index is 13.6. The third-order valence-corrected chi connectivity index (χ3v) is 3.57. The molecule has 1 unspecified atom stereocenters. The highest BCUT2D eigenvalue weighted by Gasteiger charge is 2.15. The topological polar surface area (TPSA) is 35.2 Å². The Morgan fingerprint density at radius 1 is 1.11 bits per heavy atom. The van der Waals surface area contributed by atoms with Gasteiger partial charge in [-0.1, -0.05) is 36.4 Å². The molecule has 1 atom stereocenters. The van der Waals surface area contributed by atoms with Gasteiger partial charge in [0.1, 0.15) is 5.82 Å². The number of ether oxygens (including phenoxy) is 1. The highest BCUT2D eigenvalue weighted by Crippen LogP contribution is 2.25. The SMILES string of the molecule is NC(Cc1ccccc1F)c1ccc2c(c1)COC2. The van der Waals surface area contributed by atoms with Gasteiger partial charge < -0.3 is 10.5 Å². The molecule has 0 saturated heterocycles. The molecule has 19 heavy (non-hydrogen) atoms. The molecule has 0 radical (unpaired) electrons. The average molecular weight is 257 g/mol. The van der Waals surface area contributed by atoms with Crippen molar-refractivity contribution in [2.24, 2.45) is 5.73 Å². The smallest absolute Gasteiger partial charge is 0.126 e.